The fourth-order valence-electron chi connectivity index (χ4n) is 0.252. The first kappa shape index (κ1) is 9.79. The van der Waals surface area contributed by atoms with Crippen LogP contribution in [-0.4, -0.2) is 21.8 Å². The molecule has 0 aromatic rings. The van der Waals surface area contributed by atoms with Gasteiger partial charge in [0.05, 0.1) is 0 Å². The molecular weight excluding hydrogens is 186 g/mol. The molecular formula is C4H7Cl3O2. The summed E-state index contributed by atoms with van der Waals surface area (Å²) in [6.45, 7) is 2.01. The van der Waals surface area contributed by atoms with Crippen LogP contribution in [0, 0.1) is 0 Å². The molecule has 0 bridgehead atoms. The van der Waals surface area contributed by atoms with E-state index in [0.29, 0.717) is 6.61 Å². The Balaban J connectivity index is 3.59. The van der Waals surface area contributed by atoms with E-state index in [1.54, 1.807) is 6.92 Å². The minimum atomic E-state index is -1.74. The number of hydrogen-bond acceptors (Lipinski definition) is 2. The van der Waals surface area contributed by atoms with Gasteiger partial charge in [0.25, 0.3) is 0 Å². The first-order valence-corrected chi connectivity index (χ1v) is 3.48. The fraction of sp³-hybridized carbons (Fsp3) is 1.00. The SMILES string of the molecule is CCOC(O)C(Cl)(Cl)Cl. The van der Waals surface area contributed by atoms with Crippen molar-refractivity contribution in [2.75, 3.05) is 6.61 Å². The first-order valence-electron chi connectivity index (χ1n) is 2.35. The van der Waals surface area contributed by atoms with Crippen LogP contribution in [0.25, 0.3) is 0 Å². The second-order valence-electron chi connectivity index (χ2n) is 1.35. The van der Waals surface area contributed by atoms with Crippen LogP contribution in [0.2, 0.25) is 0 Å². The molecule has 0 heterocycles. The minimum absolute atomic E-state index is 0.315. The van der Waals surface area contributed by atoms with Crippen molar-refractivity contribution in [1.82, 2.24) is 0 Å². The Kier molecular flexibility index (Phi) is 4.17. The summed E-state index contributed by atoms with van der Waals surface area (Å²) in [5, 5.41) is 8.77. The highest BCUT2D eigenvalue weighted by molar-refractivity contribution is 6.67. The van der Waals surface area contributed by atoms with Gasteiger partial charge in [-0.3, -0.25) is 0 Å². The van der Waals surface area contributed by atoms with E-state index >= 15 is 0 Å². The number of aliphatic hydroxyl groups is 1. The first-order chi connectivity index (χ1) is 3.98. The van der Waals surface area contributed by atoms with Crippen LogP contribution in [0.4, 0.5) is 0 Å². The van der Waals surface area contributed by atoms with Gasteiger partial charge in [-0.25, -0.2) is 0 Å². The summed E-state index contributed by atoms with van der Waals surface area (Å²) in [6.07, 6.45) is -1.34. The van der Waals surface area contributed by atoms with Crippen LogP contribution < -0.4 is 0 Å². The van der Waals surface area contributed by atoms with Gasteiger partial charge in [0.15, 0.2) is 0 Å². The predicted octanol–water partition coefficient (Wildman–Crippen LogP) is 1.71. The van der Waals surface area contributed by atoms with Gasteiger partial charge in [-0.15, -0.1) is 0 Å². The maximum Gasteiger partial charge on any atom is 0.240 e. The molecule has 0 fully saturated rings. The smallest absolute Gasteiger partial charge is 0.240 e. The van der Waals surface area contributed by atoms with Crippen LogP contribution in [0.15, 0.2) is 0 Å². The monoisotopic (exact) mass is 192 g/mol. The molecule has 5 heteroatoms. The number of alkyl halides is 3. The van der Waals surface area contributed by atoms with Gasteiger partial charge in [0.1, 0.15) is 0 Å². The third kappa shape index (κ3) is 4.23. The molecule has 0 aromatic carbocycles. The molecule has 1 N–H and O–H groups in total. The van der Waals surface area contributed by atoms with Crippen molar-refractivity contribution in [3.05, 3.63) is 0 Å². The van der Waals surface area contributed by atoms with Crippen molar-refractivity contribution in [1.29, 1.82) is 0 Å². The van der Waals surface area contributed by atoms with Gasteiger partial charge >= 0.3 is 0 Å². The van der Waals surface area contributed by atoms with E-state index in [1.165, 1.54) is 0 Å². The van der Waals surface area contributed by atoms with Crippen molar-refractivity contribution in [3.8, 4) is 0 Å². The lowest BCUT2D eigenvalue weighted by Crippen LogP contribution is -2.27. The van der Waals surface area contributed by atoms with E-state index in [9.17, 15) is 0 Å². The highest BCUT2D eigenvalue weighted by Gasteiger charge is 2.31. The molecule has 0 saturated carbocycles. The molecule has 0 radical (unpaired) electrons. The average Bonchev–Trinajstić information content (AvgIpc) is 1.64. The molecule has 0 aromatic heterocycles. The molecule has 1 atom stereocenters. The fourth-order valence-corrected chi connectivity index (χ4v) is 0.441. The quantitative estimate of drug-likeness (QED) is 0.534. The molecule has 0 spiro atoms. The van der Waals surface area contributed by atoms with Gasteiger partial charge < -0.3 is 9.84 Å². The van der Waals surface area contributed by atoms with Gasteiger partial charge in [-0.2, -0.15) is 0 Å². The van der Waals surface area contributed by atoms with Gasteiger partial charge in [0.2, 0.25) is 10.1 Å². The van der Waals surface area contributed by atoms with Crippen LogP contribution in [-0.2, 0) is 4.74 Å². The molecule has 1 unspecified atom stereocenters. The summed E-state index contributed by atoms with van der Waals surface area (Å²) in [5.41, 5.74) is 0. The Bertz CT molecular complexity index is 80.4. The van der Waals surface area contributed by atoms with E-state index in [2.05, 4.69) is 4.74 Å². The van der Waals surface area contributed by atoms with E-state index in [0.717, 1.165) is 0 Å². The molecule has 0 amide bonds. The Morgan fingerprint density at radius 1 is 1.56 bits per heavy atom. The van der Waals surface area contributed by atoms with Gasteiger partial charge in [0, 0.05) is 6.61 Å². The third-order valence-electron chi connectivity index (χ3n) is 0.605. The van der Waals surface area contributed by atoms with Crippen molar-refractivity contribution in [2.24, 2.45) is 0 Å². The Labute approximate surface area is 68.7 Å². The number of aliphatic hydroxyl groups excluding tert-OH is 1. The molecule has 0 aliphatic heterocycles. The summed E-state index contributed by atoms with van der Waals surface area (Å²) in [6, 6.07) is 0. The summed E-state index contributed by atoms with van der Waals surface area (Å²) < 4.78 is 2.83. The second kappa shape index (κ2) is 3.84. The lowest BCUT2D eigenvalue weighted by atomic mass is 10.7. The van der Waals surface area contributed by atoms with E-state index < -0.39 is 10.1 Å². The maximum absolute atomic E-state index is 8.77. The molecule has 0 rings (SSSR count). The molecule has 56 valence electrons. The molecule has 9 heavy (non-hydrogen) atoms. The summed E-state index contributed by atoms with van der Waals surface area (Å²) in [7, 11) is 0. The van der Waals surface area contributed by atoms with Crippen LogP contribution >= 0.6 is 34.8 Å². The van der Waals surface area contributed by atoms with E-state index in [-0.39, 0.29) is 0 Å². The highest BCUT2D eigenvalue weighted by atomic mass is 35.6. The van der Waals surface area contributed by atoms with E-state index in [1.807, 2.05) is 0 Å². The standard InChI is InChI=1S/C4H7Cl3O2/c1-2-9-3(8)4(5,6)7/h3,8H,2H2,1H3. The van der Waals surface area contributed by atoms with Gasteiger partial charge in [-0.05, 0) is 6.92 Å². The zero-order valence-corrected chi connectivity index (χ0v) is 7.04. The average molecular weight is 193 g/mol. The number of rotatable bonds is 2. The van der Waals surface area contributed by atoms with Crippen molar-refractivity contribution < 1.29 is 9.84 Å². The van der Waals surface area contributed by atoms with Crippen molar-refractivity contribution >= 4 is 34.8 Å². The number of hydrogen-bond donors (Lipinski definition) is 1. The normalized spacial score (nSPS) is 15.7. The van der Waals surface area contributed by atoms with Crippen LogP contribution in [0.1, 0.15) is 6.92 Å². The largest absolute Gasteiger partial charge is 0.365 e. The van der Waals surface area contributed by atoms with Crippen molar-refractivity contribution in [3.63, 3.8) is 0 Å². The summed E-state index contributed by atoms with van der Waals surface area (Å²) >= 11 is 15.7. The lowest BCUT2D eigenvalue weighted by Gasteiger charge is -2.17. The molecule has 0 aliphatic rings. The maximum atomic E-state index is 8.77. The predicted molar refractivity (Wildman–Crippen MR) is 37.9 cm³/mol. The van der Waals surface area contributed by atoms with E-state index in [4.69, 9.17) is 39.9 Å². The number of ether oxygens (including phenoxy) is 1. The zero-order chi connectivity index (χ0) is 7.49. The molecule has 0 aliphatic carbocycles. The number of halogens is 3. The third-order valence-corrected chi connectivity index (χ3v) is 1.16. The zero-order valence-electron chi connectivity index (χ0n) is 4.77. The summed E-state index contributed by atoms with van der Waals surface area (Å²) in [4.78, 5) is 0. The Morgan fingerprint density at radius 3 is 2.11 bits per heavy atom. The Morgan fingerprint density at radius 2 is 2.00 bits per heavy atom. The highest BCUT2D eigenvalue weighted by Crippen LogP contribution is 2.30. The van der Waals surface area contributed by atoms with Crippen LogP contribution in [0.3, 0.4) is 0 Å². The van der Waals surface area contributed by atoms with Gasteiger partial charge in [-0.1, -0.05) is 34.8 Å². The minimum Gasteiger partial charge on any atom is -0.365 e. The second-order valence-corrected chi connectivity index (χ2v) is 3.72. The van der Waals surface area contributed by atoms with Crippen LogP contribution in [0.5, 0.6) is 0 Å². The van der Waals surface area contributed by atoms with Crippen molar-refractivity contribution in [2.45, 2.75) is 17.0 Å². The topological polar surface area (TPSA) is 29.5 Å². The molecule has 0 saturated heterocycles. The Hall–Kier alpha value is 0.790. The summed E-state index contributed by atoms with van der Waals surface area (Å²) in [5.74, 6) is 0. The molecule has 2 nitrogen and oxygen atoms in total. The lowest BCUT2D eigenvalue weighted by molar-refractivity contribution is -0.0905.